The zero-order valence-electron chi connectivity index (χ0n) is 17.8. The van der Waals surface area contributed by atoms with Crippen LogP contribution in [0.4, 0.5) is 4.39 Å². The maximum Gasteiger partial charge on any atom is 0.231 e. The van der Waals surface area contributed by atoms with Crippen LogP contribution in [0.2, 0.25) is 0 Å². The van der Waals surface area contributed by atoms with E-state index in [0.29, 0.717) is 26.3 Å². The third-order valence-corrected chi connectivity index (χ3v) is 5.38. The largest absolute Gasteiger partial charge is 0.454 e. The standard InChI is InChI=1S/C23H29FN4O3/c1-2-25-23(26-14-17-6-7-21-22(12-17)31-16-30-21)27-15-20(28-8-10-29-11-9-28)18-4-3-5-19(24)13-18/h3-7,12-13,20H,2,8-11,14-16H2,1H3,(H2,25,26,27). The summed E-state index contributed by atoms with van der Waals surface area (Å²) in [6.45, 7) is 7.15. The Labute approximate surface area is 182 Å². The number of guanidine groups is 1. The number of fused-ring (bicyclic) bond motifs is 1. The van der Waals surface area contributed by atoms with E-state index in [-0.39, 0.29) is 18.7 Å². The highest BCUT2D eigenvalue weighted by Gasteiger charge is 2.23. The Morgan fingerprint density at radius 1 is 1.10 bits per heavy atom. The second kappa shape index (κ2) is 10.5. The number of nitrogens with zero attached hydrogens (tertiary/aromatic N) is 2. The van der Waals surface area contributed by atoms with Crippen LogP contribution < -0.4 is 20.1 Å². The van der Waals surface area contributed by atoms with E-state index in [4.69, 9.17) is 19.2 Å². The fourth-order valence-corrected chi connectivity index (χ4v) is 3.81. The molecule has 0 aliphatic carbocycles. The molecule has 0 radical (unpaired) electrons. The molecule has 0 spiro atoms. The molecule has 31 heavy (non-hydrogen) atoms. The highest BCUT2D eigenvalue weighted by molar-refractivity contribution is 5.79. The maximum atomic E-state index is 13.9. The van der Waals surface area contributed by atoms with Gasteiger partial charge >= 0.3 is 0 Å². The minimum Gasteiger partial charge on any atom is -0.454 e. The predicted octanol–water partition coefficient (Wildman–Crippen LogP) is 2.68. The SMILES string of the molecule is CCNC(=NCc1ccc2c(c1)OCO2)NCC(c1cccc(F)c1)N1CCOCC1. The van der Waals surface area contributed by atoms with E-state index in [1.807, 2.05) is 31.2 Å². The molecule has 1 unspecified atom stereocenters. The molecule has 0 amide bonds. The van der Waals surface area contributed by atoms with Crippen molar-refractivity contribution in [3.05, 3.63) is 59.4 Å². The second-order valence-electron chi connectivity index (χ2n) is 7.48. The smallest absolute Gasteiger partial charge is 0.231 e. The zero-order chi connectivity index (χ0) is 21.5. The van der Waals surface area contributed by atoms with Crippen molar-refractivity contribution >= 4 is 5.96 Å². The number of nitrogens with one attached hydrogen (secondary N) is 2. The molecule has 2 N–H and O–H groups in total. The molecule has 8 heteroatoms. The van der Waals surface area contributed by atoms with Crippen LogP contribution in [0.15, 0.2) is 47.5 Å². The van der Waals surface area contributed by atoms with Gasteiger partial charge in [-0.05, 0) is 42.3 Å². The third kappa shape index (κ3) is 5.65. The summed E-state index contributed by atoms with van der Waals surface area (Å²) in [4.78, 5) is 7.04. The highest BCUT2D eigenvalue weighted by atomic mass is 19.1. The average molecular weight is 429 g/mol. The predicted molar refractivity (Wildman–Crippen MR) is 117 cm³/mol. The Morgan fingerprint density at radius 2 is 1.94 bits per heavy atom. The molecule has 1 saturated heterocycles. The monoisotopic (exact) mass is 428 g/mol. The Bertz CT molecular complexity index is 902. The molecular weight excluding hydrogens is 399 g/mol. The van der Waals surface area contributed by atoms with Crippen molar-refractivity contribution in [3.8, 4) is 11.5 Å². The van der Waals surface area contributed by atoms with Crippen LogP contribution in [-0.4, -0.2) is 57.0 Å². The number of hydrogen-bond donors (Lipinski definition) is 2. The van der Waals surface area contributed by atoms with E-state index >= 15 is 0 Å². The van der Waals surface area contributed by atoms with Crippen molar-refractivity contribution in [2.24, 2.45) is 4.99 Å². The van der Waals surface area contributed by atoms with E-state index in [1.54, 1.807) is 12.1 Å². The maximum absolute atomic E-state index is 13.9. The number of aliphatic imine (C=N–C) groups is 1. The molecule has 166 valence electrons. The number of hydrogen-bond acceptors (Lipinski definition) is 5. The normalized spacial score (nSPS) is 17.4. The van der Waals surface area contributed by atoms with Gasteiger partial charge in [-0.1, -0.05) is 18.2 Å². The van der Waals surface area contributed by atoms with Crippen LogP contribution in [0.3, 0.4) is 0 Å². The Hall–Kier alpha value is -2.84. The van der Waals surface area contributed by atoms with E-state index in [0.717, 1.165) is 48.2 Å². The van der Waals surface area contributed by atoms with E-state index in [2.05, 4.69) is 15.5 Å². The van der Waals surface area contributed by atoms with Crippen molar-refractivity contribution < 1.29 is 18.6 Å². The minimum atomic E-state index is -0.223. The highest BCUT2D eigenvalue weighted by Crippen LogP contribution is 2.32. The number of ether oxygens (including phenoxy) is 3. The molecule has 2 aliphatic rings. The van der Waals surface area contributed by atoms with Gasteiger partial charge in [0.2, 0.25) is 6.79 Å². The van der Waals surface area contributed by atoms with Crippen LogP contribution in [0.1, 0.15) is 24.1 Å². The van der Waals surface area contributed by atoms with Crippen molar-refractivity contribution in [2.75, 3.05) is 46.2 Å². The molecule has 2 aliphatic heterocycles. The molecule has 2 aromatic rings. The zero-order valence-corrected chi connectivity index (χ0v) is 17.8. The van der Waals surface area contributed by atoms with Gasteiger partial charge in [-0.2, -0.15) is 0 Å². The average Bonchev–Trinajstić information content (AvgIpc) is 3.26. The first-order valence-electron chi connectivity index (χ1n) is 10.7. The first kappa shape index (κ1) is 21.4. The summed E-state index contributed by atoms with van der Waals surface area (Å²) in [5.41, 5.74) is 1.98. The molecule has 0 saturated carbocycles. The summed E-state index contributed by atoms with van der Waals surface area (Å²) in [6.07, 6.45) is 0. The molecule has 7 nitrogen and oxygen atoms in total. The van der Waals surface area contributed by atoms with Gasteiger partial charge in [0.25, 0.3) is 0 Å². The summed E-state index contributed by atoms with van der Waals surface area (Å²) < 4.78 is 30.2. The van der Waals surface area contributed by atoms with Crippen LogP contribution in [0.5, 0.6) is 11.5 Å². The van der Waals surface area contributed by atoms with Gasteiger partial charge in [0.1, 0.15) is 5.82 Å². The van der Waals surface area contributed by atoms with Gasteiger partial charge in [0, 0.05) is 26.2 Å². The Kier molecular flexibility index (Phi) is 7.22. The minimum absolute atomic E-state index is 0.0222. The molecule has 2 aromatic carbocycles. The van der Waals surface area contributed by atoms with Gasteiger partial charge in [-0.3, -0.25) is 4.90 Å². The van der Waals surface area contributed by atoms with Gasteiger partial charge in [0.05, 0.1) is 25.8 Å². The van der Waals surface area contributed by atoms with Crippen molar-refractivity contribution in [2.45, 2.75) is 19.5 Å². The fraction of sp³-hybridized carbons (Fsp3) is 0.435. The van der Waals surface area contributed by atoms with E-state index in [1.165, 1.54) is 6.07 Å². The topological polar surface area (TPSA) is 67.4 Å². The fourth-order valence-electron chi connectivity index (χ4n) is 3.81. The number of halogens is 1. The Balaban J connectivity index is 1.45. The van der Waals surface area contributed by atoms with Crippen LogP contribution in [-0.2, 0) is 11.3 Å². The molecule has 0 aromatic heterocycles. The van der Waals surface area contributed by atoms with Crippen molar-refractivity contribution in [1.82, 2.24) is 15.5 Å². The summed E-state index contributed by atoms with van der Waals surface area (Å²) in [5.74, 6) is 2.01. The van der Waals surface area contributed by atoms with Gasteiger partial charge in [0.15, 0.2) is 17.5 Å². The lowest BCUT2D eigenvalue weighted by atomic mass is 10.0. The van der Waals surface area contributed by atoms with E-state index in [9.17, 15) is 4.39 Å². The summed E-state index contributed by atoms with van der Waals surface area (Å²) >= 11 is 0. The molecule has 1 atom stereocenters. The van der Waals surface area contributed by atoms with Crippen molar-refractivity contribution in [3.63, 3.8) is 0 Å². The lowest BCUT2D eigenvalue weighted by Gasteiger charge is -2.35. The first-order chi connectivity index (χ1) is 15.2. The number of rotatable bonds is 7. The van der Waals surface area contributed by atoms with Gasteiger partial charge < -0.3 is 24.8 Å². The van der Waals surface area contributed by atoms with E-state index < -0.39 is 0 Å². The molecule has 0 bridgehead atoms. The van der Waals surface area contributed by atoms with Crippen molar-refractivity contribution in [1.29, 1.82) is 0 Å². The quantitative estimate of drug-likeness (QED) is 0.522. The molecule has 2 heterocycles. The van der Waals surface area contributed by atoms with Gasteiger partial charge in [-0.15, -0.1) is 0 Å². The second-order valence-corrected chi connectivity index (χ2v) is 7.48. The molecule has 4 rings (SSSR count). The lowest BCUT2D eigenvalue weighted by Crippen LogP contribution is -2.46. The summed E-state index contributed by atoms with van der Waals surface area (Å²) in [6, 6.07) is 12.7. The van der Waals surface area contributed by atoms with Crippen LogP contribution >= 0.6 is 0 Å². The summed E-state index contributed by atoms with van der Waals surface area (Å²) in [7, 11) is 0. The lowest BCUT2D eigenvalue weighted by molar-refractivity contribution is 0.0169. The van der Waals surface area contributed by atoms with Crippen LogP contribution in [0.25, 0.3) is 0 Å². The number of morpholine rings is 1. The summed E-state index contributed by atoms with van der Waals surface area (Å²) in [5, 5.41) is 6.73. The third-order valence-electron chi connectivity index (χ3n) is 5.38. The van der Waals surface area contributed by atoms with Crippen LogP contribution in [0, 0.1) is 5.82 Å². The first-order valence-corrected chi connectivity index (χ1v) is 10.7. The molecular formula is C23H29FN4O3. The Morgan fingerprint density at radius 3 is 2.74 bits per heavy atom. The van der Waals surface area contributed by atoms with Gasteiger partial charge in [-0.25, -0.2) is 9.38 Å². The molecule has 1 fully saturated rings. The number of benzene rings is 2.